The SMILES string of the molecule is O=C(CN1CCCCCCC1=O)N1CCN(C(c2ccccc2)c2ccccc2)CC1. The molecule has 2 aliphatic heterocycles. The van der Waals surface area contributed by atoms with Crippen molar-refractivity contribution in [1.82, 2.24) is 14.7 Å². The zero-order valence-corrected chi connectivity index (χ0v) is 18.3. The van der Waals surface area contributed by atoms with Gasteiger partial charge in [0.15, 0.2) is 0 Å². The highest BCUT2D eigenvalue weighted by atomic mass is 16.2. The molecule has 0 radical (unpaired) electrons. The number of rotatable bonds is 5. The smallest absolute Gasteiger partial charge is 0.242 e. The molecule has 0 aliphatic carbocycles. The van der Waals surface area contributed by atoms with E-state index in [1.807, 2.05) is 17.0 Å². The number of carbonyl (C=O) groups is 2. The van der Waals surface area contributed by atoms with Gasteiger partial charge in [0.25, 0.3) is 0 Å². The molecule has 2 fully saturated rings. The maximum absolute atomic E-state index is 12.9. The molecule has 2 aromatic rings. The van der Waals surface area contributed by atoms with Crippen molar-refractivity contribution < 1.29 is 9.59 Å². The van der Waals surface area contributed by atoms with Crippen LogP contribution in [0.3, 0.4) is 0 Å². The number of carbonyl (C=O) groups excluding carboxylic acids is 2. The third-order valence-electron chi connectivity index (χ3n) is 6.51. The van der Waals surface area contributed by atoms with E-state index in [0.717, 1.165) is 38.8 Å². The van der Waals surface area contributed by atoms with Gasteiger partial charge in [-0.1, -0.05) is 73.5 Å². The van der Waals surface area contributed by atoms with Gasteiger partial charge in [-0.15, -0.1) is 0 Å². The molecule has 0 N–H and O–H groups in total. The van der Waals surface area contributed by atoms with Crippen LogP contribution in [-0.4, -0.2) is 65.8 Å². The van der Waals surface area contributed by atoms with Crippen LogP contribution < -0.4 is 0 Å². The molecule has 0 saturated carbocycles. The second kappa shape index (κ2) is 10.6. The van der Waals surface area contributed by atoms with Gasteiger partial charge in [-0.25, -0.2) is 0 Å². The summed E-state index contributed by atoms with van der Waals surface area (Å²) in [6.07, 6.45) is 4.80. The van der Waals surface area contributed by atoms with Gasteiger partial charge in [-0.2, -0.15) is 0 Å². The highest BCUT2D eigenvalue weighted by Crippen LogP contribution is 2.29. The predicted octanol–water partition coefficient (Wildman–Crippen LogP) is 3.71. The summed E-state index contributed by atoms with van der Waals surface area (Å²) in [5.41, 5.74) is 2.56. The van der Waals surface area contributed by atoms with Crippen molar-refractivity contribution in [3.63, 3.8) is 0 Å². The highest BCUT2D eigenvalue weighted by molar-refractivity contribution is 5.85. The fourth-order valence-corrected chi connectivity index (χ4v) is 4.76. The maximum atomic E-state index is 12.9. The Labute approximate surface area is 185 Å². The molecule has 4 rings (SSSR count). The van der Waals surface area contributed by atoms with Gasteiger partial charge in [0.05, 0.1) is 12.6 Å². The van der Waals surface area contributed by atoms with E-state index in [-0.39, 0.29) is 24.4 Å². The lowest BCUT2D eigenvalue weighted by molar-refractivity contribution is -0.142. The molecule has 0 bridgehead atoms. The Hall–Kier alpha value is -2.66. The van der Waals surface area contributed by atoms with E-state index < -0.39 is 0 Å². The number of benzene rings is 2. The first kappa shape index (κ1) is 21.6. The quantitative estimate of drug-likeness (QED) is 0.742. The summed E-state index contributed by atoms with van der Waals surface area (Å²) in [6.45, 7) is 4.02. The maximum Gasteiger partial charge on any atom is 0.242 e. The molecular weight excluding hydrogens is 386 g/mol. The second-order valence-electron chi connectivity index (χ2n) is 8.62. The average Bonchev–Trinajstić information content (AvgIpc) is 2.81. The average molecular weight is 420 g/mol. The van der Waals surface area contributed by atoms with Crippen molar-refractivity contribution >= 4 is 11.8 Å². The summed E-state index contributed by atoms with van der Waals surface area (Å²) < 4.78 is 0. The predicted molar refractivity (Wildman–Crippen MR) is 123 cm³/mol. The van der Waals surface area contributed by atoms with Crippen molar-refractivity contribution in [2.75, 3.05) is 39.3 Å². The molecule has 2 aliphatic rings. The number of amides is 2. The third-order valence-corrected chi connectivity index (χ3v) is 6.51. The molecule has 0 spiro atoms. The van der Waals surface area contributed by atoms with Gasteiger partial charge in [0.1, 0.15) is 0 Å². The Balaban J connectivity index is 1.39. The van der Waals surface area contributed by atoms with Gasteiger partial charge in [0.2, 0.25) is 11.8 Å². The normalized spacial score (nSPS) is 18.7. The third kappa shape index (κ3) is 5.53. The molecule has 5 nitrogen and oxygen atoms in total. The second-order valence-corrected chi connectivity index (χ2v) is 8.62. The molecule has 2 aromatic carbocycles. The molecule has 2 heterocycles. The first-order chi connectivity index (χ1) is 15.2. The Bertz CT molecular complexity index is 808. The van der Waals surface area contributed by atoms with Crippen LogP contribution in [0.4, 0.5) is 0 Å². The molecule has 0 atom stereocenters. The summed E-state index contributed by atoms with van der Waals surface area (Å²) in [4.78, 5) is 31.5. The van der Waals surface area contributed by atoms with E-state index in [1.165, 1.54) is 11.1 Å². The molecule has 5 heteroatoms. The van der Waals surface area contributed by atoms with Crippen molar-refractivity contribution in [2.24, 2.45) is 0 Å². The topological polar surface area (TPSA) is 43.9 Å². The number of likely N-dealkylation sites (tertiary alicyclic amines) is 1. The highest BCUT2D eigenvalue weighted by Gasteiger charge is 2.29. The summed E-state index contributed by atoms with van der Waals surface area (Å²) in [6, 6.07) is 21.4. The molecule has 2 amide bonds. The van der Waals surface area contributed by atoms with E-state index in [9.17, 15) is 9.59 Å². The molecule has 0 aromatic heterocycles. The molecule has 31 heavy (non-hydrogen) atoms. The minimum atomic E-state index is 0.0875. The summed E-state index contributed by atoms with van der Waals surface area (Å²) >= 11 is 0. The Kier molecular flexibility index (Phi) is 7.36. The van der Waals surface area contributed by atoms with Crippen molar-refractivity contribution in [3.05, 3.63) is 71.8 Å². The van der Waals surface area contributed by atoms with Gasteiger partial charge < -0.3 is 9.80 Å². The van der Waals surface area contributed by atoms with E-state index in [1.54, 1.807) is 4.90 Å². The monoisotopic (exact) mass is 419 g/mol. The van der Waals surface area contributed by atoms with Crippen LogP contribution in [0.15, 0.2) is 60.7 Å². The summed E-state index contributed by atoms with van der Waals surface area (Å²) in [7, 11) is 0. The fraction of sp³-hybridized carbons (Fsp3) is 0.462. The number of hydrogen-bond donors (Lipinski definition) is 0. The number of nitrogens with zero attached hydrogens (tertiary/aromatic N) is 3. The van der Waals surface area contributed by atoms with Gasteiger partial charge >= 0.3 is 0 Å². The molecule has 164 valence electrons. The standard InChI is InChI=1S/C26H33N3O2/c30-24-15-9-1-2-10-16-29(24)21-25(31)27-17-19-28(20-18-27)26(22-11-5-3-6-12-22)23-13-7-4-8-14-23/h3-8,11-14,26H,1-2,9-10,15-21H2. The van der Waals surface area contributed by atoms with Gasteiger partial charge in [-0.3, -0.25) is 14.5 Å². The Morgan fingerprint density at radius 3 is 1.94 bits per heavy atom. The zero-order chi connectivity index (χ0) is 21.5. The Morgan fingerprint density at radius 2 is 1.32 bits per heavy atom. The van der Waals surface area contributed by atoms with Crippen LogP contribution in [-0.2, 0) is 9.59 Å². The molecular formula is C26H33N3O2. The lowest BCUT2D eigenvalue weighted by Gasteiger charge is -2.40. The molecule has 2 saturated heterocycles. The zero-order valence-electron chi connectivity index (χ0n) is 18.3. The first-order valence-electron chi connectivity index (χ1n) is 11.6. The first-order valence-corrected chi connectivity index (χ1v) is 11.6. The van der Waals surface area contributed by atoms with E-state index >= 15 is 0 Å². The lowest BCUT2D eigenvalue weighted by atomic mass is 9.96. The van der Waals surface area contributed by atoms with Crippen LogP contribution in [0.2, 0.25) is 0 Å². The van der Waals surface area contributed by atoms with Crippen LogP contribution in [0.25, 0.3) is 0 Å². The van der Waals surface area contributed by atoms with Crippen molar-refractivity contribution in [2.45, 2.75) is 38.1 Å². The van der Waals surface area contributed by atoms with Crippen molar-refractivity contribution in [1.29, 1.82) is 0 Å². The Morgan fingerprint density at radius 1 is 0.742 bits per heavy atom. The number of piperazine rings is 1. The molecule has 0 unspecified atom stereocenters. The van der Waals surface area contributed by atoms with Crippen LogP contribution in [0.1, 0.15) is 49.3 Å². The van der Waals surface area contributed by atoms with E-state index in [4.69, 9.17) is 0 Å². The largest absolute Gasteiger partial charge is 0.339 e. The summed E-state index contributed by atoms with van der Waals surface area (Å²) in [5, 5.41) is 0. The lowest BCUT2D eigenvalue weighted by Crippen LogP contribution is -2.52. The van der Waals surface area contributed by atoms with Crippen molar-refractivity contribution in [3.8, 4) is 0 Å². The van der Waals surface area contributed by atoms with E-state index in [2.05, 4.69) is 53.4 Å². The summed E-state index contributed by atoms with van der Waals surface area (Å²) in [5.74, 6) is 0.226. The fourth-order valence-electron chi connectivity index (χ4n) is 4.76. The number of hydrogen-bond acceptors (Lipinski definition) is 3. The minimum Gasteiger partial charge on any atom is -0.339 e. The van der Waals surface area contributed by atoms with E-state index in [0.29, 0.717) is 26.1 Å². The van der Waals surface area contributed by atoms with Crippen LogP contribution >= 0.6 is 0 Å². The minimum absolute atomic E-state index is 0.0875. The van der Waals surface area contributed by atoms with Gasteiger partial charge in [-0.05, 0) is 24.0 Å². The van der Waals surface area contributed by atoms with Gasteiger partial charge in [0, 0.05) is 39.1 Å². The van der Waals surface area contributed by atoms with Crippen LogP contribution in [0, 0.1) is 0 Å². The van der Waals surface area contributed by atoms with Crippen LogP contribution in [0.5, 0.6) is 0 Å².